The predicted molar refractivity (Wildman–Crippen MR) is 108 cm³/mol. The van der Waals surface area contributed by atoms with Crippen LogP contribution in [0.4, 0.5) is 0 Å². The highest BCUT2D eigenvalue weighted by Crippen LogP contribution is 2.32. The molecule has 0 fully saturated rings. The van der Waals surface area contributed by atoms with Gasteiger partial charge in [0.15, 0.2) is 0 Å². The molecular weight excluding hydrogens is 356 g/mol. The molecule has 0 saturated heterocycles. The summed E-state index contributed by atoms with van der Waals surface area (Å²) >= 11 is 0. The van der Waals surface area contributed by atoms with Gasteiger partial charge in [0.25, 0.3) is 10.0 Å². The molecule has 0 aliphatic heterocycles. The smallest absolute Gasteiger partial charge is 0.254 e. The molecule has 5 heteroatoms. The lowest BCUT2D eigenvalue weighted by Gasteiger charge is -2.13. The summed E-state index contributed by atoms with van der Waals surface area (Å²) in [5.41, 5.74) is 4.14. The van der Waals surface area contributed by atoms with Crippen molar-refractivity contribution in [2.45, 2.75) is 25.2 Å². The van der Waals surface area contributed by atoms with E-state index in [1.54, 1.807) is 24.3 Å². The van der Waals surface area contributed by atoms with E-state index in [9.17, 15) is 8.42 Å². The van der Waals surface area contributed by atoms with Gasteiger partial charge in [-0.05, 0) is 54.8 Å². The maximum absolute atomic E-state index is 13.4. The van der Waals surface area contributed by atoms with E-state index in [4.69, 9.17) is 0 Å². The van der Waals surface area contributed by atoms with Crippen LogP contribution < -0.4 is 0 Å². The normalized spacial score (nSPS) is 11.8. The van der Waals surface area contributed by atoms with E-state index in [1.165, 1.54) is 3.97 Å². The zero-order valence-corrected chi connectivity index (χ0v) is 16.1. The highest BCUT2D eigenvalue weighted by Gasteiger charge is 2.24. The molecule has 0 aliphatic rings. The quantitative estimate of drug-likeness (QED) is 0.513. The third kappa shape index (κ3) is 2.94. The van der Waals surface area contributed by atoms with E-state index in [2.05, 4.69) is 11.9 Å². The van der Waals surface area contributed by atoms with Crippen LogP contribution in [0.25, 0.3) is 22.3 Å². The number of nitrogens with zero attached hydrogens (tertiary/aromatic N) is 2. The Hall–Kier alpha value is -2.92. The molecule has 0 spiro atoms. The van der Waals surface area contributed by atoms with E-state index < -0.39 is 10.0 Å². The summed E-state index contributed by atoms with van der Waals surface area (Å²) in [5, 5.41) is 0.867. The van der Waals surface area contributed by atoms with Gasteiger partial charge >= 0.3 is 0 Å². The summed E-state index contributed by atoms with van der Waals surface area (Å²) in [5.74, 6) is 0. The first-order valence-electron chi connectivity index (χ1n) is 8.89. The summed E-state index contributed by atoms with van der Waals surface area (Å²) in [6, 6.07) is 19.9. The van der Waals surface area contributed by atoms with Gasteiger partial charge in [-0.25, -0.2) is 12.4 Å². The second-order valence-corrected chi connectivity index (χ2v) is 8.31. The van der Waals surface area contributed by atoms with Crippen LogP contribution in [0.2, 0.25) is 0 Å². The standard InChI is InChI=1S/C22H20N2O2S/c1-3-17-15-23-20(13-16(17)2)22-14-18-9-7-8-12-21(18)24(22)27(25,26)19-10-5-4-6-11-19/h4-15H,3H2,1-2H3. The SMILES string of the molecule is CCc1cnc(-c2cc3ccccc3n2S(=O)(=O)c2ccccc2)cc1C. The first-order chi connectivity index (χ1) is 13.0. The third-order valence-electron chi connectivity index (χ3n) is 4.81. The maximum atomic E-state index is 13.4. The zero-order valence-electron chi connectivity index (χ0n) is 15.3. The van der Waals surface area contributed by atoms with Crippen LogP contribution in [0, 0.1) is 6.92 Å². The topological polar surface area (TPSA) is 52.0 Å². The van der Waals surface area contributed by atoms with Gasteiger partial charge < -0.3 is 0 Å². The van der Waals surface area contributed by atoms with E-state index in [1.807, 2.05) is 55.6 Å². The fraction of sp³-hybridized carbons (Fsp3) is 0.136. The highest BCUT2D eigenvalue weighted by atomic mass is 32.2. The molecule has 4 nitrogen and oxygen atoms in total. The molecule has 0 unspecified atom stereocenters. The lowest BCUT2D eigenvalue weighted by atomic mass is 10.1. The van der Waals surface area contributed by atoms with Crippen LogP contribution in [-0.4, -0.2) is 17.4 Å². The summed E-state index contributed by atoms with van der Waals surface area (Å²) in [6.45, 7) is 4.11. The van der Waals surface area contributed by atoms with Crippen molar-refractivity contribution >= 4 is 20.9 Å². The van der Waals surface area contributed by atoms with E-state index in [0.29, 0.717) is 16.9 Å². The number of aromatic nitrogens is 2. The lowest BCUT2D eigenvalue weighted by Crippen LogP contribution is -2.14. The minimum Gasteiger partial charge on any atom is -0.254 e. The minimum absolute atomic E-state index is 0.259. The van der Waals surface area contributed by atoms with E-state index >= 15 is 0 Å². The first-order valence-corrected chi connectivity index (χ1v) is 10.3. The van der Waals surface area contributed by atoms with Gasteiger partial charge in [-0.1, -0.05) is 43.3 Å². The average Bonchev–Trinajstić information content (AvgIpc) is 3.09. The third-order valence-corrected chi connectivity index (χ3v) is 6.55. The van der Waals surface area contributed by atoms with Crippen molar-refractivity contribution < 1.29 is 8.42 Å². The number of hydrogen-bond acceptors (Lipinski definition) is 3. The van der Waals surface area contributed by atoms with Crippen molar-refractivity contribution in [1.29, 1.82) is 0 Å². The van der Waals surface area contributed by atoms with E-state index in [-0.39, 0.29) is 4.90 Å². The predicted octanol–water partition coefficient (Wildman–Crippen LogP) is 4.81. The Bertz CT molecular complexity index is 1230. The van der Waals surface area contributed by atoms with Crippen molar-refractivity contribution in [2.75, 3.05) is 0 Å². The molecule has 0 amide bonds. The molecule has 2 aromatic carbocycles. The Labute approximate surface area is 159 Å². The zero-order chi connectivity index (χ0) is 19.0. The van der Waals surface area contributed by atoms with Crippen LogP contribution in [-0.2, 0) is 16.4 Å². The van der Waals surface area contributed by atoms with Gasteiger partial charge in [0, 0.05) is 11.6 Å². The summed E-state index contributed by atoms with van der Waals surface area (Å²) < 4.78 is 28.3. The van der Waals surface area contributed by atoms with Gasteiger partial charge in [0.05, 0.1) is 21.8 Å². The number of benzene rings is 2. The Morgan fingerprint density at radius 1 is 0.963 bits per heavy atom. The number of aryl methyl sites for hydroxylation is 2. The van der Waals surface area contributed by atoms with Gasteiger partial charge in [0.1, 0.15) is 0 Å². The van der Waals surface area contributed by atoms with Crippen molar-refractivity contribution in [3.63, 3.8) is 0 Å². The fourth-order valence-corrected chi connectivity index (χ4v) is 4.90. The lowest BCUT2D eigenvalue weighted by molar-refractivity contribution is 0.589. The molecule has 27 heavy (non-hydrogen) atoms. The maximum Gasteiger partial charge on any atom is 0.268 e. The van der Waals surface area contributed by atoms with Crippen LogP contribution in [0.5, 0.6) is 0 Å². The molecule has 0 saturated carbocycles. The fourth-order valence-electron chi connectivity index (χ4n) is 3.36. The molecule has 0 aliphatic carbocycles. The van der Waals surface area contributed by atoms with Crippen molar-refractivity contribution in [1.82, 2.24) is 8.96 Å². The number of para-hydroxylation sites is 1. The largest absolute Gasteiger partial charge is 0.268 e. The molecule has 0 N–H and O–H groups in total. The molecule has 0 radical (unpaired) electrons. The van der Waals surface area contributed by atoms with Crippen molar-refractivity contribution in [3.05, 3.63) is 84.1 Å². The molecular formula is C22H20N2O2S. The Balaban J connectivity index is 2.03. The number of rotatable bonds is 4. The molecule has 136 valence electrons. The van der Waals surface area contributed by atoms with Crippen molar-refractivity contribution in [3.8, 4) is 11.4 Å². The Morgan fingerprint density at radius 2 is 1.67 bits per heavy atom. The molecule has 2 aromatic heterocycles. The van der Waals surface area contributed by atoms with Gasteiger partial charge in [-0.15, -0.1) is 0 Å². The van der Waals surface area contributed by atoms with Gasteiger partial charge in [-0.3, -0.25) is 4.98 Å². The van der Waals surface area contributed by atoms with Crippen LogP contribution in [0.1, 0.15) is 18.1 Å². The second-order valence-electron chi connectivity index (χ2n) is 6.52. The number of fused-ring (bicyclic) bond motifs is 1. The monoisotopic (exact) mass is 376 g/mol. The Kier molecular flexibility index (Phi) is 4.32. The summed E-state index contributed by atoms with van der Waals surface area (Å²) in [4.78, 5) is 4.82. The number of pyridine rings is 1. The first kappa shape index (κ1) is 17.5. The Morgan fingerprint density at radius 3 is 2.37 bits per heavy atom. The molecule has 0 bridgehead atoms. The average molecular weight is 376 g/mol. The highest BCUT2D eigenvalue weighted by molar-refractivity contribution is 7.90. The molecule has 4 aromatic rings. The minimum atomic E-state index is -3.75. The number of hydrogen-bond donors (Lipinski definition) is 0. The van der Waals surface area contributed by atoms with E-state index in [0.717, 1.165) is 22.9 Å². The van der Waals surface area contributed by atoms with Crippen molar-refractivity contribution in [2.24, 2.45) is 0 Å². The molecule has 2 heterocycles. The van der Waals surface area contributed by atoms with Crippen LogP contribution in [0.15, 0.2) is 77.8 Å². The van der Waals surface area contributed by atoms with Gasteiger partial charge in [-0.2, -0.15) is 0 Å². The van der Waals surface area contributed by atoms with Crippen LogP contribution >= 0.6 is 0 Å². The van der Waals surface area contributed by atoms with Crippen LogP contribution in [0.3, 0.4) is 0 Å². The van der Waals surface area contributed by atoms with Gasteiger partial charge in [0.2, 0.25) is 0 Å². The second kappa shape index (κ2) is 6.67. The summed E-state index contributed by atoms with van der Waals surface area (Å²) in [7, 11) is -3.75. The summed E-state index contributed by atoms with van der Waals surface area (Å²) in [6.07, 6.45) is 2.73. The molecule has 0 atom stereocenters. The molecule has 4 rings (SSSR count).